The summed E-state index contributed by atoms with van der Waals surface area (Å²) in [5.41, 5.74) is 2.44. The van der Waals surface area contributed by atoms with Gasteiger partial charge in [-0.2, -0.15) is 11.8 Å². The van der Waals surface area contributed by atoms with Gasteiger partial charge in [0.25, 0.3) is 5.91 Å². The molecule has 21 heavy (non-hydrogen) atoms. The monoisotopic (exact) mass is 319 g/mol. The molecule has 3 nitrogen and oxygen atoms in total. The predicted octanol–water partition coefficient (Wildman–Crippen LogP) is 3.22. The van der Waals surface area contributed by atoms with E-state index in [1.807, 2.05) is 30.0 Å². The van der Waals surface area contributed by atoms with Gasteiger partial charge < -0.3 is 10.4 Å². The molecule has 0 saturated heterocycles. The van der Waals surface area contributed by atoms with Crippen LogP contribution in [0.4, 0.5) is 0 Å². The molecule has 1 aromatic carbocycles. The van der Waals surface area contributed by atoms with E-state index in [1.54, 1.807) is 23.5 Å². The highest BCUT2D eigenvalue weighted by atomic mass is 32.2. The van der Waals surface area contributed by atoms with Crippen molar-refractivity contribution in [2.75, 3.05) is 12.3 Å². The Labute approximate surface area is 132 Å². The van der Waals surface area contributed by atoms with E-state index in [2.05, 4.69) is 5.32 Å². The van der Waals surface area contributed by atoms with E-state index in [0.29, 0.717) is 6.54 Å². The van der Waals surface area contributed by atoms with E-state index in [4.69, 9.17) is 0 Å². The molecule has 0 saturated carbocycles. The van der Waals surface area contributed by atoms with Gasteiger partial charge in [0, 0.05) is 17.2 Å². The number of thioether (sulfide) groups is 1. The summed E-state index contributed by atoms with van der Waals surface area (Å²) >= 11 is 3.57. The Balaban J connectivity index is 1.54. The predicted molar refractivity (Wildman–Crippen MR) is 88.3 cm³/mol. The summed E-state index contributed by atoms with van der Waals surface area (Å²) in [5.74, 6) is 2.49. The molecule has 1 aliphatic heterocycles. The summed E-state index contributed by atoms with van der Waals surface area (Å²) in [5, 5.41) is 12.2. The fourth-order valence-corrected chi connectivity index (χ4v) is 4.62. The van der Waals surface area contributed by atoms with E-state index in [9.17, 15) is 9.90 Å². The molecule has 2 N–H and O–H groups in total. The number of hydrogen-bond acceptors (Lipinski definition) is 4. The van der Waals surface area contributed by atoms with Gasteiger partial charge in [-0.1, -0.05) is 12.1 Å². The van der Waals surface area contributed by atoms with Crippen LogP contribution < -0.4 is 5.32 Å². The van der Waals surface area contributed by atoms with Crippen LogP contribution in [0, 0.1) is 0 Å². The number of aromatic hydroxyl groups is 1. The number of aryl methyl sites for hydroxylation is 1. The van der Waals surface area contributed by atoms with E-state index in [-0.39, 0.29) is 11.7 Å². The highest BCUT2D eigenvalue weighted by molar-refractivity contribution is 7.98. The molecule has 3 rings (SSSR count). The Bertz CT molecular complexity index is 611. The smallest absolute Gasteiger partial charge is 0.261 e. The van der Waals surface area contributed by atoms with E-state index < -0.39 is 0 Å². The molecule has 0 radical (unpaired) electrons. The molecular formula is C16H17NO2S2. The first-order chi connectivity index (χ1) is 10.2. The average Bonchev–Trinajstić information content (AvgIpc) is 2.93. The van der Waals surface area contributed by atoms with Crippen molar-refractivity contribution in [3.63, 3.8) is 0 Å². The van der Waals surface area contributed by atoms with Gasteiger partial charge in [0.05, 0.1) is 4.88 Å². The second-order valence-electron chi connectivity index (χ2n) is 5.03. The average molecular weight is 319 g/mol. The van der Waals surface area contributed by atoms with Crippen LogP contribution in [0.25, 0.3) is 0 Å². The molecule has 110 valence electrons. The first-order valence-corrected chi connectivity index (χ1v) is 8.95. The van der Waals surface area contributed by atoms with Gasteiger partial charge in [0.15, 0.2) is 0 Å². The fraction of sp³-hybridized carbons (Fsp3) is 0.312. The van der Waals surface area contributed by atoms with Crippen LogP contribution in [0.1, 0.15) is 25.7 Å². The topological polar surface area (TPSA) is 49.3 Å². The van der Waals surface area contributed by atoms with Gasteiger partial charge in [-0.25, -0.2) is 0 Å². The van der Waals surface area contributed by atoms with E-state index in [0.717, 1.165) is 34.8 Å². The summed E-state index contributed by atoms with van der Waals surface area (Å²) in [6, 6.07) is 9.14. The zero-order valence-corrected chi connectivity index (χ0v) is 13.2. The van der Waals surface area contributed by atoms with Crippen molar-refractivity contribution in [1.82, 2.24) is 5.32 Å². The van der Waals surface area contributed by atoms with Crippen molar-refractivity contribution in [1.29, 1.82) is 0 Å². The number of amides is 1. The van der Waals surface area contributed by atoms with Crippen molar-refractivity contribution in [3.8, 4) is 5.75 Å². The molecule has 0 fully saturated rings. The summed E-state index contributed by atoms with van der Waals surface area (Å²) in [4.78, 5) is 14.4. The van der Waals surface area contributed by atoms with Gasteiger partial charge in [-0.05, 0) is 47.9 Å². The Morgan fingerprint density at radius 2 is 2.10 bits per heavy atom. The third kappa shape index (κ3) is 3.60. The summed E-state index contributed by atoms with van der Waals surface area (Å²) in [7, 11) is 0. The molecule has 5 heteroatoms. The molecule has 2 aromatic rings. The maximum Gasteiger partial charge on any atom is 0.261 e. The first-order valence-electron chi connectivity index (χ1n) is 6.98. The Kier molecular flexibility index (Phi) is 4.51. The maximum atomic E-state index is 12.2. The Morgan fingerprint density at radius 1 is 1.29 bits per heavy atom. The molecule has 2 heterocycles. The summed E-state index contributed by atoms with van der Waals surface area (Å²) in [6.45, 7) is 0.612. The molecule has 1 aliphatic rings. The van der Waals surface area contributed by atoms with Crippen molar-refractivity contribution in [3.05, 3.63) is 51.2 Å². The van der Waals surface area contributed by atoms with Crippen LogP contribution in [0.15, 0.2) is 30.3 Å². The van der Waals surface area contributed by atoms with Crippen molar-refractivity contribution >= 4 is 29.0 Å². The van der Waals surface area contributed by atoms with Gasteiger partial charge in [0.2, 0.25) is 0 Å². The lowest BCUT2D eigenvalue weighted by Gasteiger charge is -2.08. The Morgan fingerprint density at radius 3 is 2.86 bits per heavy atom. The maximum absolute atomic E-state index is 12.2. The van der Waals surface area contributed by atoms with E-state index >= 15 is 0 Å². The SMILES string of the molecule is O=C(NCCc1ccc(O)cc1)c1cc2c(s1)CCSC2. The summed E-state index contributed by atoms with van der Waals surface area (Å²) < 4.78 is 0. The minimum atomic E-state index is 0.0261. The largest absolute Gasteiger partial charge is 0.508 e. The highest BCUT2D eigenvalue weighted by Crippen LogP contribution is 2.31. The lowest BCUT2D eigenvalue weighted by molar-refractivity contribution is 0.0958. The number of nitrogens with one attached hydrogen (secondary N) is 1. The first kappa shape index (κ1) is 14.5. The number of fused-ring (bicyclic) bond motifs is 1. The number of phenolic OH excluding ortho intramolecular Hbond substituents is 1. The minimum absolute atomic E-state index is 0.0261. The summed E-state index contributed by atoms with van der Waals surface area (Å²) in [6.07, 6.45) is 1.86. The van der Waals surface area contributed by atoms with Crippen molar-refractivity contribution in [2.45, 2.75) is 18.6 Å². The molecule has 0 unspecified atom stereocenters. The number of thiophene rings is 1. The number of rotatable bonds is 4. The number of phenols is 1. The molecular weight excluding hydrogens is 302 g/mol. The van der Waals surface area contributed by atoms with Crippen LogP contribution >= 0.6 is 23.1 Å². The second kappa shape index (κ2) is 6.54. The molecule has 0 atom stereocenters. The number of benzene rings is 1. The van der Waals surface area contributed by atoms with Crippen LogP contribution in [0.2, 0.25) is 0 Å². The molecule has 0 aliphatic carbocycles. The van der Waals surface area contributed by atoms with Crippen molar-refractivity contribution < 1.29 is 9.90 Å². The van der Waals surface area contributed by atoms with Crippen molar-refractivity contribution in [2.24, 2.45) is 0 Å². The van der Waals surface area contributed by atoms with Crippen LogP contribution in [0.5, 0.6) is 5.75 Å². The zero-order valence-electron chi connectivity index (χ0n) is 11.6. The zero-order chi connectivity index (χ0) is 14.7. The highest BCUT2D eigenvalue weighted by Gasteiger charge is 2.17. The number of hydrogen-bond donors (Lipinski definition) is 2. The second-order valence-corrected chi connectivity index (χ2v) is 7.28. The van der Waals surface area contributed by atoms with Gasteiger partial charge in [-0.15, -0.1) is 11.3 Å². The third-order valence-corrected chi connectivity index (χ3v) is 5.73. The molecule has 1 aromatic heterocycles. The van der Waals surface area contributed by atoms with Gasteiger partial charge >= 0.3 is 0 Å². The standard InChI is InChI=1S/C16H17NO2S2/c18-13-3-1-11(2-4-13)5-7-17-16(19)15-9-12-10-20-8-6-14(12)21-15/h1-4,9,18H,5-8,10H2,(H,17,19). The number of carbonyl (C=O) groups is 1. The van der Waals surface area contributed by atoms with Crippen LogP contribution in [-0.4, -0.2) is 23.3 Å². The Hall–Kier alpha value is -1.46. The minimum Gasteiger partial charge on any atom is -0.508 e. The van der Waals surface area contributed by atoms with Crippen LogP contribution in [0.3, 0.4) is 0 Å². The van der Waals surface area contributed by atoms with Gasteiger partial charge in [-0.3, -0.25) is 4.79 Å². The van der Waals surface area contributed by atoms with Gasteiger partial charge in [0.1, 0.15) is 5.75 Å². The quantitative estimate of drug-likeness (QED) is 0.910. The molecule has 0 bridgehead atoms. The normalized spacial score (nSPS) is 13.7. The van der Waals surface area contributed by atoms with Crippen LogP contribution in [-0.2, 0) is 18.6 Å². The lowest BCUT2D eigenvalue weighted by atomic mass is 10.1. The lowest BCUT2D eigenvalue weighted by Crippen LogP contribution is -2.24. The fourth-order valence-electron chi connectivity index (χ4n) is 2.33. The van der Waals surface area contributed by atoms with E-state index in [1.165, 1.54) is 10.4 Å². The molecule has 1 amide bonds. The number of carbonyl (C=O) groups excluding carboxylic acids is 1. The molecule has 0 spiro atoms. The third-order valence-electron chi connectivity index (χ3n) is 3.49.